The summed E-state index contributed by atoms with van der Waals surface area (Å²) >= 11 is 5.05. The standard InChI is InChI=1S/C20H18BrNO4S2/c21-18-16-6-1-2-7-17(16)27-19(18)22(12-13-4-3-5-13)28(25,26)15-10-8-14(9-11-15)20(23)24/h1-2,6-11,13H,3-5,12H2,(H,23,24). The number of thiophene rings is 1. The molecule has 0 unspecified atom stereocenters. The molecular weight excluding hydrogens is 462 g/mol. The first-order valence-corrected chi connectivity index (χ1v) is 12.0. The van der Waals surface area contributed by atoms with Crippen LogP contribution in [0.1, 0.15) is 29.6 Å². The number of carboxylic acids is 1. The Morgan fingerprint density at radius 1 is 1.14 bits per heavy atom. The summed E-state index contributed by atoms with van der Waals surface area (Å²) in [6.07, 6.45) is 3.17. The van der Waals surface area contributed by atoms with Crippen LogP contribution in [0.4, 0.5) is 5.00 Å². The Balaban J connectivity index is 1.80. The van der Waals surface area contributed by atoms with Gasteiger partial charge in [-0.2, -0.15) is 0 Å². The molecule has 4 rings (SSSR count). The van der Waals surface area contributed by atoms with Gasteiger partial charge in [0, 0.05) is 16.6 Å². The van der Waals surface area contributed by atoms with Crippen molar-refractivity contribution in [3.8, 4) is 0 Å². The van der Waals surface area contributed by atoms with E-state index in [-0.39, 0.29) is 10.5 Å². The minimum absolute atomic E-state index is 0.0625. The fourth-order valence-electron chi connectivity index (χ4n) is 3.26. The van der Waals surface area contributed by atoms with Crippen LogP contribution in [0.15, 0.2) is 57.9 Å². The van der Waals surface area contributed by atoms with Gasteiger partial charge in [0.1, 0.15) is 5.00 Å². The molecular formula is C20H18BrNO4S2. The number of nitrogens with zero attached hydrogens (tertiary/aromatic N) is 1. The van der Waals surface area contributed by atoms with Crippen molar-refractivity contribution in [1.29, 1.82) is 0 Å². The number of sulfonamides is 1. The highest BCUT2D eigenvalue weighted by atomic mass is 79.9. The largest absolute Gasteiger partial charge is 0.478 e. The molecule has 0 bridgehead atoms. The van der Waals surface area contributed by atoms with E-state index in [1.54, 1.807) is 0 Å². The molecule has 0 spiro atoms. The molecule has 0 saturated heterocycles. The number of hydrogen-bond acceptors (Lipinski definition) is 4. The van der Waals surface area contributed by atoms with Gasteiger partial charge < -0.3 is 5.11 Å². The molecule has 0 aliphatic heterocycles. The molecule has 5 nitrogen and oxygen atoms in total. The summed E-state index contributed by atoms with van der Waals surface area (Å²) in [5.41, 5.74) is 0.0625. The Bertz CT molecular complexity index is 1130. The number of carboxylic acid groups (broad SMARTS) is 1. The lowest BCUT2D eigenvalue weighted by Gasteiger charge is -2.32. The van der Waals surface area contributed by atoms with Gasteiger partial charge in [0.2, 0.25) is 0 Å². The van der Waals surface area contributed by atoms with Gasteiger partial charge in [-0.05, 0) is 65.0 Å². The van der Waals surface area contributed by atoms with Crippen LogP contribution >= 0.6 is 27.3 Å². The Morgan fingerprint density at radius 2 is 1.82 bits per heavy atom. The third-order valence-corrected chi connectivity index (χ3v) is 9.24. The van der Waals surface area contributed by atoms with Crippen molar-refractivity contribution in [2.45, 2.75) is 24.2 Å². The molecule has 0 atom stereocenters. The number of rotatable bonds is 6. The second-order valence-corrected chi connectivity index (χ2v) is 10.6. The summed E-state index contributed by atoms with van der Waals surface area (Å²) in [7, 11) is -3.82. The molecule has 0 amide bonds. The number of aromatic carboxylic acids is 1. The molecule has 1 aliphatic rings. The molecule has 28 heavy (non-hydrogen) atoms. The zero-order valence-electron chi connectivity index (χ0n) is 14.8. The van der Waals surface area contributed by atoms with E-state index in [9.17, 15) is 13.2 Å². The monoisotopic (exact) mass is 479 g/mol. The topological polar surface area (TPSA) is 74.7 Å². The molecule has 1 fully saturated rings. The Morgan fingerprint density at radius 3 is 2.39 bits per heavy atom. The molecule has 3 aromatic rings. The third-order valence-electron chi connectivity index (χ3n) is 5.08. The SMILES string of the molecule is O=C(O)c1ccc(S(=O)(=O)N(CC2CCC2)c2sc3ccccc3c2Br)cc1. The predicted molar refractivity (Wildman–Crippen MR) is 115 cm³/mol. The summed E-state index contributed by atoms with van der Waals surface area (Å²) in [6, 6.07) is 13.2. The van der Waals surface area contributed by atoms with Gasteiger partial charge in [-0.25, -0.2) is 13.2 Å². The number of carbonyl (C=O) groups is 1. The zero-order valence-corrected chi connectivity index (χ0v) is 18.1. The van der Waals surface area contributed by atoms with Gasteiger partial charge in [0.15, 0.2) is 0 Å². The molecule has 1 heterocycles. The van der Waals surface area contributed by atoms with Crippen LogP contribution in [-0.2, 0) is 10.0 Å². The van der Waals surface area contributed by atoms with E-state index in [1.165, 1.54) is 39.9 Å². The first-order valence-electron chi connectivity index (χ1n) is 8.91. The number of halogens is 1. The first kappa shape index (κ1) is 19.4. The Labute approximate surface area is 175 Å². The number of benzene rings is 2. The van der Waals surface area contributed by atoms with E-state index in [2.05, 4.69) is 15.9 Å². The van der Waals surface area contributed by atoms with Crippen molar-refractivity contribution in [2.75, 3.05) is 10.8 Å². The predicted octanol–water partition coefficient (Wildman–Crippen LogP) is 5.36. The highest BCUT2D eigenvalue weighted by Crippen LogP contribution is 2.45. The van der Waals surface area contributed by atoms with Crippen LogP contribution in [0.2, 0.25) is 0 Å². The van der Waals surface area contributed by atoms with Crippen LogP contribution in [0, 0.1) is 5.92 Å². The highest BCUT2D eigenvalue weighted by Gasteiger charge is 2.32. The molecule has 146 valence electrons. The maximum atomic E-state index is 13.5. The number of anilines is 1. The Hall–Kier alpha value is -1.90. The molecule has 1 saturated carbocycles. The lowest BCUT2D eigenvalue weighted by atomic mass is 9.85. The van der Waals surface area contributed by atoms with Crippen molar-refractivity contribution in [1.82, 2.24) is 0 Å². The van der Waals surface area contributed by atoms with Gasteiger partial charge in [0.05, 0.1) is 14.9 Å². The molecule has 1 N–H and O–H groups in total. The van der Waals surface area contributed by atoms with Gasteiger partial charge in [-0.1, -0.05) is 24.6 Å². The fourth-order valence-corrected chi connectivity index (χ4v) is 7.18. The van der Waals surface area contributed by atoms with E-state index in [0.717, 1.165) is 33.8 Å². The summed E-state index contributed by atoms with van der Waals surface area (Å²) in [5.74, 6) is -0.743. The number of fused-ring (bicyclic) bond motifs is 1. The van der Waals surface area contributed by atoms with E-state index in [0.29, 0.717) is 17.5 Å². The third kappa shape index (κ3) is 3.44. The van der Waals surface area contributed by atoms with Crippen LogP contribution in [0.25, 0.3) is 10.1 Å². The minimum atomic E-state index is -3.82. The highest BCUT2D eigenvalue weighted by molar-refractivity contribution is 9.10. The van der Waals surface area contributed by atoms with Gasteiger partial charge in [-0.3, -0.25) is 4.31 Å². The van der Waals surface area contributed by atoms with Gasteiger partial charge in [0.25, 0.3) is 10.0 Å². The minimum Gasteiger partial charge on any atom is -0.478 e. The molecule has 0 radical (unpaired) electrons. The van der Waals surface area contributed by atoms with Crippen LogP contribution < -0.4 is 4.31 Å². The second kappa shape index (κ2) is 7.50. The summed E-state index contributed by atoms with van der Waals surface area (Å²) < 4.78 is 30.2. The van der Waals surface area contributed by atoms with E-state index < -0.39 is 16.0 Å². The number of hydrogen-bond donors (Lipinski definition) is 1. The molecule has 1 aromatic heterocycles. The maximum absolute atomic E-state index is 13.5. The molecule has 1 aliphatic carbocycles. The van der Waals surface area contributed by atoms with Crippen molar-refractivity contribution in [3.05, 3.63) is 58.6 Å². The fraction of sp³-hybridized carbons (Fsp3) is 0.250. The summed E-state index contributed by atoms with van der Waals surface area (Å²) in [6.45, 7) is 0.425. The van der Waals surface area contributed by atoms with Gasteiger partial charge >= 0.3 is 5.97 Å². The van der Waals surface area contributed by atoms with E-state index in [1.807, 2.05) is 24.3 Å². The average Bonchev–Trinajstić information content (AvgIpc) is 2.97. The molecule has 8 heteroatoms. The van der Waals surface area contributed by atoms with Crippen LogP contribution in [0.5, 0.6) is 0 Å². The first-order chi connectivity index (χ1) is 13.4. The van der Waals surface area contributed by atoms with Crippen molar-refractivity contribution in [2.24, 2.45) is 5.92 Å². The summed E-state index contributed by atoms with van der Waals surface area (Å²) in [5, 5.41) is 10.7. The average molecular weight is 480 g/mol. The van der Waals surface area contributed by atoms with Crippen molar-refractivity contribution in [3.63, 3.8) is 0 Å². The van der Waals surface area contributed by atoms with Crippen molar-refractivity contribution >= 4 is 58.3 Å². The van der Waals surface area contributed by atoms with E-state index in [4.69, 9.17) is 5.11 Å². The van der Waals surface area contributed by atoms with Crippen LogP contribution in [-0.4, -0.2) is 26.0 Å². The zero-order chi connectivity index (χ0) is 19.9. The maximum Gasteiger partial charge on any atom is 0.335 e. The quantitative estimate of drug-likeness (QED) is 0.516. The lowest BCUT2D eigenvalue weighted by Crippen LogP contribution is -2.37. The Kier molecular flexibility index (Phi) is 5.20. The van der Waals surface area contributed by atoms with Crippen LogP contribution in [0.3, 0.4) is 0 Å². The normalized spacial score (nSPS) is 14.8. The van der Waals surface area contributed by atoms with Crippen molar-refractivity contribution < 1.29 is 18.3 Å². The smallest absolute Gasteiger partial charge is 0.335 e. The molecule has 2 aromatic carbocycles. The second-order valence-electron chi connectivity index (χ2n) is 6.88. The van der Waals surface area contributed by atoms with E-state index >= 15 is 0 Å². The van der Waals surface area contributed by atoms with Gasteiger partial charge in [-0.15, -0.1) is 11.3 Å². The lowest BCUT2D eigenvalue weighted by molar-refractivity contribution is 0.0696. The summed E-state index contributed by atoms with van der Waals surface area (Å²) in [4.78, 5) is 11.2.